The van der Waals surface area contributed by atoms with Gasteiger partial charge in [-0.2, -0.15) is 0 Å². The third kappa shape index (κ3) is 4.11. The van der Waals surface area contributed by atoms with Crippen molar-refractivity contribution in [2.24, 2.45) is 0 Å². The Bertz CT molecular complexity index is 1240. The van der Waals surface area contributed by atoms with Crippen LogP contribution in [0.4, 0.5) is 4.79 Å². The van der Waals surface area contributed by atoms with Gasteiger partial charge < -0.3 is 24.6 Å². The first-order valence-corrected chi connectivity index (χ1v) is 11.5. The van der Waals surface area contributed by atoms with Gasteiger partial charge in [0, 0.05) is 5.92 Å². The molecule has 5 rings (SSSR count). The lowest BCUT2D eigenvalue weighted by atomic mass is 9.98. The van der Waals surface area contributed by atoms with E-state index in [2.05, 4.69) is 27.6 Å². The van der Waals surface area contributed by atoms with Crippen molar-refractivity contribution >= 4 is 18.0 Å². The Balaban J connectivity index is 1.26. The number of carboxylic acids is 1. The highest BCUT2D eigenvalue weighted by Gasteiger charge is 2.38. The maximum atomic E-state index is 13.2. The number of hydrogen-bond acceptors (Lipinski definition) is 6. The molecule has 0 fully saturated rings. The molecule has 2 heterocycles. The molecule has 2 aromatic carbocycles. The molecule has 0 saturated carbocycles. The highest BCUT2D eigenvalue weighted by Crippen LogP contribution is 2.44. The van der Waals surface area contributed by atoms with E-state index in [9.17, 15) is 19.5 Å². The smallest absolute Gasteiger partial charge is 0.407 e. The number of aromatic nitrogens is 3. The van der Waals surface area contributed by atoms with Crippen LogP contribution in [0, 0.1) is 0 Å². The molecule has 1 aliphatic heterocycles. The van der Waals surface area contributed by atoms with Crippen LogP contribution >= 0.6 is 0 Å². The lowest BCUT2D eigenvalue weighted by Gasteiger charge is -2.35. The minimum atomic E-state index is -1.13. The van der Waals surface area contributed by atoms with E-state index in [1.54, 1.807) is 11.5 Å². The summed E-state index contributed by atoms with van der Waals surface area (Å²) in [4.78, 5) is 39.0. The van der Waals surface area contributed by atoms with Crippen LogP contribution < -0.4 is 5.32 Å². The molecule has 0 saturated heterocycles. The van der Waals surface area contributed by atoms with Gasteiger partial charge >= 0.3 is 12.1 Å². The standard InChI is InChI=1S/C25H25N5O5/c1-2-20(23(31)30-12-22-28-26-14-29(22)11-21(30)24(32)33)27-25(34)35-13-19-17-9-5-3-7-15(17)16-8-4-6-10-18(16)19/h3-10,14,19-21H,2,11-13H2,1H3,(H,27,34)(H,32,33)/t20-,21?/m0/s1. The van der Waals surface area contributed by atoms with Gasteiger partial charge in [-0.3, -0.25) is 4.79 Å². The molecule has 3 aromatic rings. The Morgan fingerprint density at radius 3 is 2.40 bits per heavy atom. The Hall–Kier alpha value is -4.21. The summed E-state index contributed by atoms with van der Waals surface area (Å²) in [7, 11) is 0. The van der Waals surface area contributed by atoms with Crippen molar-refractivity contribution in [3.8, 4) is 11.1 Å². The third-order valence-corrected chi connectivity index (χ3v) is 6.66. The number of alkyl carbamates (subject to hydrolysis) is 1. The number of carboxylic acid groups (broad SMARTS) is 1. The van der Waals surface area contributed by atoms with Crippen LogP contribution in [0.15, 0.2) is 54.9 Å². The monoisotopic (exact) mass is 475 g/mol. The molecule has 35 heavy (non-hydrogen) atoms. The summed E-state index contributed by atoms with van der Waals surface area (Å²) in [5.74, 6) is -1.24. The van der Waals surface area contributed by atoms with E-state index in [0.29, 0.717) is 5.82 Å². The fraction of sp³-hybridized carbons (Fsp3) is 0.320. The van der Waals surface area contributed by atoms with Crippen LogP contribution in [0.5, 0.6) is 0 Å². The molecule has 10 heteroatoms. The first-order valence-electron chi connectivity index (χ1n) is 11.5. The van der Waals surface area contributed by atoms with Gasteiger partial charge in [0.2, 0.25) is 5.91 Å². The highest BCUT2D eigenvalue weighted by molar-refractivity contribution is 5.89. The molecule has 0 bridgehead atoms. The van der Waals surface area contributed by atoms with Gasteiger partial charge in [0.15, 0.2) is 5.82 Å². The van der Waals surface area contributed by atoms with Crippen LogP contribution in [0.2, 0.25) is 0 Å². The van der Waals surface area contributed by atoms with E-state index in [1.807, 2.05) is 36.4 Å². The number of nitrogens with one attached hydrogen (secondary N) is 1. The maximum absolute atomic E-state index is 13.2. The summed E-state index contributed by atoms with van der Waals surface area (Å²) >= 11 is 0. The van der Waals surface area contributed by atoms with E-state index < -0.39 is 30.1 Å². The van der Waals surface area contributed by atoms with E-state index in [1.165, 1.54) is 11.2 Å². The second-order valence-corrected chi connectivity index (χ2v) is 8.65. The molecule has 1 aliphatic carbocycles. The molecule has 2 amide bonds. The molecule has 2 aliphatic rings. The first-order chi connectivity index (χ1) is 17.0. The van der Waals surface area contributed by atoms with Crippen molar-refractivity contribution in [2.75, 3.05) is 6.61 Å². The van der Waals surface area contributed by atoms with E-state index in [-0.39, 0.29) is 32.0 Å². The van der Waals surface area contributed by atoms with Gasteiger partial charge in [-0.1, -0.05) is 55.5 Å². The second-order valence-electron chi connectivity index (χ2n) is 8.65. The summed E-state index contributed by atoms with van der Waals surface area (Å²) in [6.07, 6.45) is 0.997. The average molecular weight is 476 g/mol. The summed E-state index contributed by atoms with van der Waals surface area (Å²) in [6.45, 7) is 1.91. The molecule has 0 radical (unpaired) electrons. The van der Waals surface area contributed by atoms with Gasteiger partial charge in [0.25, 0.3) is 0 Å². The number of ether oxygens (including phenoxy) is 1. The number of amides is 2. The SMILES string of the molecule is CC[C@H](NC(=O)OCC1c2ccccc2-c2ccccc21)C(=O)N1Cc2nncn2CC1C(=O)O. The van der Waals surface area contributed by atoms with Gasteiger partial charge in [-0.05, 0) is 28.7 Å². The molecular formula is C25H25N5O5. The van der Waals surface area contributed by atoms with Crippen molar-refractivity contribution in [3.63, 3.8) is 0 Å². The molecule has 180 valence electrons. The number of hydrogen-bond donors (Lipinski definition) is 2. The Morgan fingerprint density at radius 1 is 1.11 bits per heavy atom. The number of rotatable bonds is 6. The zero-order valence-electron chi connectivity index (χ0n) is 19.1. The number of carbonyl (C=O) groups excluding carboxylic acids is 2. The van der Waals surface area contributed by atoms with Gasteiger partial charge in [0.05, 0.1) is 13.1 Å². The van der Waals surface area contributed by atoms with Crippen LogP contribution in [0.1, 0.15) is 36.2 Å². The molecule has 2 N–H and O–H groups in total. The van der Waals surface area contributed by atoms with Gasteiger partial charge in [-0.15, -0.1) is 10.2 Å². The Labute approximate surface area is 201 Å². The normalized spacial score (nSPS) is 17.2. The molecule has 0 spiro atoms. The van der Waals surface area contributed by atoms with E-state index in [4.69, 9.17) is 4.74 Å². The number of fused-ring (bicyclic) bond motifs is 4. The lowest BCUT2D eigenvalue weighted by Crippen LogP contribution is -2.56. The lowest BCUT2D eigenvalue weighted by molar-refractivity contribution is -0.153. The summed E-state index contributed by atoms with van der Waals surface area (Å²) in [5, 5.41) is 20.0. The van der Waals surface area contributed by atoms with Crippen LogP contribution in [-0.4, -0.2) is 61.4 Å². The zero-order valence-corrected chi connectivity index (χ0v) is 19.1. The molecule has 2 atom stereocenters. The van der Waals surface area contributed by atoms with Gasteiger partial charge in [-0.25, -0.2) is 9.59 Å². The molecule has 1 aromatic heterocycles. The molecule has 10 nitrogen and oxygen atoms in total. The average Bonchev–Trinajstić information content (AvgIpc) is 3.46. The highest BCUT2D eigenvalue weighted by atomic mass is 16.5. The number of carbonyl (C=O) groups is 3. The predicted molar refractivity (Wildman–Crippen MR) is 124 cm³/mol. The van der Waals surface area contributed by atoms with Crippen LogP contribution in [0.3, 0.4) is 0 Å². The maximum Gasteiger partial charge on any atom is 0.407 e. The van der Waals surface area contributed by atoms with Crippen molar-refractivity contribution in [1.82, 2.24) is 25.0 Å². The number of aliphatic carboxylic acids is 1. The number of nitrogens with zero attached hydrogens (tertiary/aromatic N) is 4. The summed E-state index contributed by atoms with van der Waals surface area (Å²) in [6, 6.07) is 14.0. The Morgan fingerprint density at radius 2 is 1.77 bits per heavy atom. The topological polar surface area (TPSA) is 127 Å². The van der Waals surface area contributed by atoms with E-state index in [0.717, 1.165) is 22.3 Å². The number of benzene rings is 2. The van der Waals surface area contributed by atoms with Crippen molar-refractivity contribution in [1.29, 1.82) is 0 Å². The van der Waals surface area contributed by atoms with E-state index >= 15 is 0 Å². The summed E-state index contributed by atoms with van der Waals surface area (Å²) < 4.78 is 7.18. The quantitative estimate of drug-likeness (QED) is 0.560. The zero-order chi connectivity index (χ0) is 24.5. The fourth-order valence-electron chi connectivity index (χ4n) is 4.87. The summed E-state index contributed by atoms with van der Waals surface area (Å²) in [5.41, 5.74) is 4.42. The van der Waals surface area contributed by atoms with Crippen LogP contribution in [0.25, 0.3) is 11.1 Å². The largest absolute Gasteiger partial charge is 0.480 e. The minimum Gasteiger partial charge on any atom is -0.480 e. The minimum absolute atomic E-state index is 0.00132. The van der Waals surface area contributed by atoms with Crippen molar-refractivity contribution < 1.29 is 24.2 Å². The fourth-order valence-corrected chi connectivity index (χ4v) is 4.87. The Kier molecular flexibility index (Phi) is 5.94. The van der Waals surface area contributed by atoms with Gasteiger partial charge in [0.1, 0.15) is 25.0 Å². The third-order valence-electron chi connectivity index (χ3n) is 6.66. The predicted octanol–water partition coefficient (Wildman–Crippen LogP) is 2.39. The molecular weight excluding hydrogens is 450 g/mol. The van der Waals surface area contributed by atoms with Crippen molar-refractivity contribution in [3.05, 3.63) is 71.8 Å². The first kappa shape index (κ1) is 22.6. The second kappa shape index (κ2) is 9.21. The van der Waals surface area contributed by atoms with Crippen LogP contribution in [-0.2, 0) is 27.4 Å². The van der Waals surface area contributed by atoms with Crippen molar-refractivity contribution in [2.45, 2.75) is 44.4 Å². The molecule has 1 unspecified atom stereocenters.